The Bertz CT molecular complexity index is 675. The van der Waals surface area contributed by atoms with Crippen molar-refractivity contribution >= 4 is 11.9 Å². The zero-order valence-corrected chi connectivity index (χ0v) is 29.3. The molecule has 2 N–H and O–H groups in total. The van der Waals surface area contributed by atoms with Crippen molar-refractivity contribution in [2.24, 2.45) is 0 Å². The summed E-state index contributed by atoms with van der Waals surface area (Å²) in [7, 11) is 0. The lowest BCUT2D eigenvalue weighted by atomic mass is 10.1. The maximum atomic E-state index is 12.2. The van der Waals surface area contributed by atoms with E-state index in [1.165, 1.54) is 116 Å². The number of hydrogen-bond donors (Lipinski definition) is 2. The molecule has 1 amide bonds. The summed E-state index contributed by atoms with van der Waals surface area (Å²) in [5.41, 5.74) is 0. The van der Waals surface area contributed by atoms with E-state index in [9.17, 15) is 14.7 Å². The van der Waals surface area contributed by atoms with Gasteiger partial charge in [0.25, 0.3) is 0 Å². The van der Waals surface area contributed by atoms with E-state index in [0.717, 1.165) is 51.4 Å². The third kappa shape index (κ3) is 33.3. The van der Waals surface area contributed by atoms with E-state index in [-0.39, 0.29) is 25.1 Å². The van der Waals surface area contributed by atoms with Crippen molar-refractivity contribution in [3.8, 4) is 0 Å². The quantitative estimate of drug-likeness (QED) is 0.0427. The molecule has 0 aromatic rings. The first-order valence-electron chi connectivity index (χ1n) is 19.0. The highest BCUT2D eigenvalue weighted by molar-refractivity contribution is 5.76. The first-order chi connectivity index (χ1) is 21.6. The van der Waals surface area contributed by atoms with E-state index in [4.69, 9.17) is 4.74 Å². The van der Waals surface area contributed by atoms with Crippen LogP contribution >= 0.6 is 0 Å². The molecular weight excluding hydrogens is 546 g/mol. The molecule has 0 saturated carbocycles. The number of aliphatic hydroxyl groups excluding tert-OH is 1. The predicted octanol–water partition coefficient (Wildman–Crippen LogP) is 11.1. The van der Waals surface area contributed by atoms with E-state index in [0.29, 0.717) is 12.8 Å². The van der Waals surface area contributed by atoms with Crippen LogP contribution in [0.3, 0.4) is 0 Å². The third-order valence-corrected chi connectivity index (χ3v) is 8.34. The first-order valence-corrected chi connectivity index (χ1v) is 19.0. The number of esters is 1. The molecule has 0 rings (SSSR count). The van der Waals surface area contributed by atoms with Crippen LogP contribution in [0.25, 0.3) is 0 Å². The number of nitrogens with one attached hydrogen (secondary N) is 1. The molecule has 0 spiro atoms. The van der Waals surface area contributed by atoms with Gasteiger partial charge in [0.2, 0.25) is 5.91 Å². The Morgan fingerprint density at radius 3 is 1.32 bits per heavy atom. The summed E-state index contributed by atoms with van der Waals surface area (Å²) in [5.74, 6) is -0.317. The number of ether oxygens (including phenoxy) is 1. The second-order valence-corrected chi connectivity index (χ2v) is 12.8. The zero-order chi connectivity index (χ0) is 32.2. The van der Waals surface area contributed by atoms with Crippen LogP contribution in [-0.4, -0.2) is 36.2 Å². The Morgan fingerprint density at radius 2 is 0.909 bits per heavy atom. The van der Waals surface area contributed by atoms with Crippen LogP contribution < -0.4 is 5.32 Å². The minimum absolute atomic E-state index is 0.0402. The Balaban J connectivity index is 3.58. The maximum Gasteiger partial charge on any atom is 0.305 e. The number of amides is 1. The summed E-state index contributed by atoms with van der Waals surface area (Å²) in [6, 6.07) is -0.524. The maximum absolute atomic E-state index is 12.2. The molecule has 0 radical (unpaired) electrons. The highest BCUT2D eigenvalue weighted by Crippen LogP contribution is 2.12. The summed E-state index contributed by atoms with van der Waals surface area (Å²) >= 11 is 0. The Hall–Kier alpha value is -1.62. The average molecular weight is 620 g/mol. The molecular formula is C39H73NO4. The molecule has 5 heteroatoms. The molecule has 0 heterocycles. The largest absolute Gasteiger partial charge is 0.463 e. The molecule has 0 fully saturated rings. The summed E-state index contributed by atoms with van der Waals surface area (Å²) in [4.78, 5) is 24.3. The lowest BCUT2D eigenvalue weighted by Crippen LogP contribution is -2.41. The van der Waals surface area contributed by atoms with Gasteiger partial charge >= 0.3 is 5.97 Å². The second kappa shape index (κ2) is 35.9. The van der Waals surface area contributed by atoms with Crippen LogP contribution in [0.1, 0.15) is 194 Å². The topological polar surface area (TPSA) is 75.6 Å². The van der Waals surface area contributed by atoms with Crippen LogP contribution in [0.4, 0.5) is 0 Å². The lowest BCUT2D eigenvalue weighted by Gasteiger charge is -2.16. The van der Waals surface area contributed by atoms with Crippen molar-refractivity contribution in [3.63, 3.8) is 0 Å². The third-order valence-electron chi connectivity index (χ3n) is 8.34. The Labute approximate surface area is 273 Å². The molecule has 1 atom stereocenters. The van der Waals surface area contributed by atoms with Gasteiger partial charge in [-0.3, -0.25) is 9.59 Å². The van der Waals surface area contributed by atoms with E-state index in [2.05, 4.69) is 43.5 Å². The summed E-state index contributed by atoms with van der Waals surface area (Å²) in [6.45, 7) is 4.34. The van der Waals surface area contributed by atoms with Gasteiger partial charge in [-0.05, 0) is 64.2 Å². The fourth-order valence-corrected chi connectivity index (χ4v) is 5.40. The highest BCUT2D eigenvalue weighted by atomic mass is 16.5. The number of unbranched alkanes of at least 4 members (excludes halogenated alkanes) is 22. The second-order valence-electron chi connectivity index (χ2n) is 12.8. The minimum Gasteiger partial charge on any atom is -0.463 e. The van der Waals surface area contributed by atoms with Crippen LogP contribution in [0.15, 0.2) is 24.3 Å². The molecule has 0 aromatic carbocycles. The van der Waals surface area contributed by atoms with Gasteiger partial charge < -0.3 is 15.2 Å². The standard InChI is InChI=1S/C39H73NO4/c1-3-5-7-9-11-13-15-17-19-21-23-25-27-29-31-33-38(42)40-37(35-41)36-44-39(43)34-32-30-28-26-24-22-20-18-16-14-12-10-8-6-4-2/h17-20,37,41H,3-16,21-36H2,1-2H3,(H,40,42)/b19-17-,20-18-. The predicted molar refractivity (Wildman–Crippen MR) is 189 cm³/mol. The Kier molecular flexibility index (Phi) is 34.5. The van der Waals surface area contributed by atoms with Crippen molar-refractivity contribution < 1.29 is 19.4 Å². The van der Waals surface area contributed by atoms with Crippen molar-refractivity contribution in [3.05, 3.63) is 24.3 Å². The first kappa shape index (κ1) is 42.4. The molecule has 0 aromatic heterocycles. The van der Waals surface area contributed by atoms with E-state index >= 15 is 0 Å². The molecule has 0 aliphatic heterocycles. The van der Waals surface area contributed by atoms with Gasteiger partial charge in [0.1, 0.15) is 6.61 Å². The summed E-state index contributed by atoms with van der Waals surface area (Å²) in [6.07, 6.45) is 42.1. The van der Waals surface area contributed by atoms with Crippen molar-refractivity contribution in [2.45, 2.75) is 200 Å². The Morgan fingerprint density at radius 1 is 0.545 bits per heavy atom. The van der Waals surface area contributed by atoms with Crippen molar-refractivity contribution in [1.29, 1.82) is 0 Å². The zero-order valence-electron chi connectivity index (χ0n) is 29.3. The molecule has 0 aliphatic carbocycles. The smallest absolute Gasteiger partial charge is 0.305 e. The number of aliphatic hydroxyl groups is 1. The molecule has 1 unspecified atom stereocenters. The van der Waals surface area contributed by atoms with Crippen LogP contribution in [0, 0.1) is 0 Å². The minimum atomic E-state index is -0.524. The van der Waals surface area contributed by atoms with E-state index in [1.54, 1.807) is 0 Å². The van der Waals surface area contributed by atoms with Gasteiger partial charge in [-0.2, -0.15) is 0 Å². The van der Waals surface area contributed by atoms with Gasteiger partial charge in [0.05, 0.1) is 12.6 Å². The fourth-order valence-electron chi connectivity index (χ4n) is 5.40. The molecule has 5 nitrogen and oxygen atoms in total. The summed E-state index contributed by atoms with van der Waals surface area (Å²) in [5, 5.41) is 12.4. The highest BCUT2D eigenvalue weighted by Gasteiger charge is 2.14. The SMILES string of the molecule is CCCCCCCC/C=C\CCCCCCCC(=O)NC(CO)COC(=O)CCCCCCC/C=C\CCCCCCCC. The van der Waals surface area contributed by atoms with Gasteiger partial charge in [-0.1, -0.05) is 141 Å². The van der Waals surface area contributed by atoms with E-state index in [1.807, 2.05) is 0 Å². The molecule has 0 bridgehead atoms. The summed E-state index contributed by atoms with van der Waals surface area (Å²) < 4.78 is 5.32. The van der Waals surface area contributed by atoms with E-state index < -0.39 is 6.04 Å². The fraction of sp³-hybridized carbons (Fsp3) is 0.846. The number of carbonyl (C=O) groups is 2. The van der Waals surface area contributed by atoms with Gasteiger partial charge in [0, 0.05) is 12.8 Å². The molecule has 0 aliphatic rings. The molecule has 258 valence electrons. The molecule has 0 saturated heterocycles. The monoisotopic (exact) mass is 620 g/mol. The van der Waals surface area contributed by atoms with Crippen LogP contribution in [0.5, 0.6) is 0 Å². The number of rotatable bonds is 34. The molecule has 44 heavy (non-hydrogen) atoms. The number of carbonyl (C=O) groups excluding carboxylic acids is 2. The number of hydrogen-bond acceptors (Lipinski definition) is 4. The van der Waals surface area contributed by atoms with Gasteiger partial charge in [0.15, 0.2) is 0 Å². The lowest BCUT2D eigenvalue weighted by molar-refractivity contribution is -0.145. The van der Waals surface area contributed by atoms with Crippen LogP contribution in [0.2, 0.25) is 0 Å². The van der Waals surface area contributed by atoms with Gasteiger partial charge in [-0.15, -0.1) is 0 Å². The van der Waals surface area contributed by atoms with Gasteiger partial charge in [-0.25, -0.2) is 0 Å². The van der Waals surface area contributed by atoms with Crippen molar-refractivity contribution in [1.82, 2.24) is 5.32 Å². The van der Waals surface area contributed by atoms with Crippen molar-refractivity contribution in [2.75, 3.05) is 13.2 Å². The number of allylic oxidation sites excluding steroid dienone is 4. The average Bonchev–Trinajstić information content (AvgIpc) is 3.02. The normalized spacial score (nSPS) is 12.3. The van der Waals surface area contributed by atoms with Crippen LogP contribution in [-0.2, 0) is 14.3 Å².